The van der Waals surface area contributed by atoms with Gasteiger partial charge in [0.2, 0.25) is 0 Å². The first kappa shape index (κ1) is 31.1. The van der Waals surface area contributed by atoms with Gasteiger partial charge in [-0.2, -0.15) is 0 Å². The number of phenolic OH excluding ortho intramolecular Hbond substituents is 1. The third-order valence-electron chi connectivity index (χ3n) is 3.80. The molecule has 1 atom stereocenters. The maximum absolute atomic E-state index is 11.3. The van der Waals surface area contributed by atoms with Gasteiger partial charge < -0.3 is 40.1 Å². The molecule has 4 N–H and O–H groups in total. The van der Waals surface area contributed by atoms with E-state index in [1.807, 2.05) is 0 Å². The van der Waals surface area contributed by atoms with Crippen LogP contribution in [0.25, 0.3) is 0 Å². The smallest absolute Gasteiger partial charge is 0.870 e. The Hall–Kier alpha value is -1.12. The summed E-state index contributed by atoms with van der Waals surface area (Å²) in [5.74, 6) is -0.141. The Morgan fingerprint density at radius 3 is 2.27 bits per heavy atom. The number of carboxylic acid groups (broad SMARTS) is 1. The quantitative estimate of drug-likeness (QED) is 0.342. The summed E-state index contributed by atoms with van der Waals surface area (Å²) in [5, 5.41) is 20.0. The fourth-order valence-corrected chi connectivity index (χ4v) is 3.41. The minimum absolute atomic E-state index is 0. The molecular weight excluding hydrogens is 431 g/mol. The molecule has 0 spiro atoms. The van der Waals surface area contributed by atoms with Gasteiger partial charge in [-0.15, -0.1) is 11.8 Å². The van der Waals surface area contributed by atoms with Gasteiger partial charge >= 0.3 is 29.0 Å². The number of aliphatic carboxylic acids is 1. The summed E-state index contributed by atoms with van der Waals surface area (Å²) in [4.78, 5) is 15.5. The number of methoxy groups -OCH3 is 1. The largest absolute Gasteiger partial charge is 2.00 e. The van der Waals surface area contributed by atoms with Crippen molar-refractivity contribution in [3.8, 4) is 11.5 Å². The van der Waals surface area contributed by atoms with Crippen molar-refractivity contribution >= 4 is 45.8 Å². The van der Waals surface area contributed by atoms with Crippen LogP contribution in [0.1, 0.15) is 12.5 Å². The van der Waals surface area contributed by atoms with Crippen LogP contribution in [0.5, 0.6) is 11.5 Å². The number of carboxylic acids is 1. The average Bonchev–Trinajstić information content (AvgIpc) is 3.04. The summed E-state index contributed by atoms with van der Waals surface area (Å²) in [7, 11) is 1.62. The number of carbonyl (C=O) groups is 1. The summed E-state index contributed by atoms with van der Waals surface area (Å²) in [6, 6.07) is 4.87. The Labute approximate surface area is 195 Å². The normalized spacial score (nSPS) is 17.2. The zero-order chi connectivity index (χ0) is 19.7. The van der Waals surface area contributed by atoms with E-state index < -0.39 is 11.5 Å². The van der Waals surface area contributed by atoms with E-state index in [-0.39, 0.29) is 39.8 Å². The predicted octanol–water partition coefficient (Wildman–Crippen LogP) is 1.05. The second-order valence-electron chi connectivity index (χ2n) is 6.03. The number of phenols is 1. The topological polar surface area (TPSA) is 167 Å². The van der Waals surface area contributed by atoms with Crippen molar-refractivity contribution in [2.75, 3.05) is 52.5 Å². The fraction of sp³-hybridized carbons (Fsp3) is 0.556. The van der Waals surface area contributed by atoms with E-state index in [0.29, 0.717) is 61.8 Å². The van der Waals surface area contributed by atoms with Crippen LogP contribution in [0.3, 0.4) is 0 Å². The van der Waals surface area contributed by atoms with Gasteiger partial charge in [-0.25, -0.2) is 4.79 Å². The first-order valence-electron chi connectivity index (χ1n) is 8.53. The van der Waals surface area contributed by atoms with Gasteiger partial charge in [-0.3, -0.25) is 4.99 Å². The zero-order valence-corrected chi connectivity index (χ0v) is 19.3. The van der Waals surface area contributed by atoms with E-state index in [9.17, 15) is 15.0 Å². The molecule has 0 radical (unpaired) electrons. The van der Waals surface area contributed by atoms with Crippen LogP contribution in [0.2, 0.25) is 0 Å². The van der Waals surface area contributed by atoms with Gasteiger partial charge in [0.1, 0.15) is 23.1 Å². The number of nitrogens with zero attached hydrogens (tertiary/aromatic N) is 1. The first-order valence-corrected chi connectivity index (χ1v) is 9.51. The second kappa shape index (κ2) is 15.6. The van der Waals surface area contributed by atoms with Crippen LogP contribution in [0, 0.1) is 0 Å². The number of thioether (sulfide) groups is 1. The van der Waals surface area contributed by atoms with Gasteiger partial charge in [-0.1, -0.05) is 0 Å². The minimum Gasteiger partial charge on any atom is -0.870 e. The number of aliphatic imine (C=N–C) groups is 1. The van der Waals surface area contributed by atoms with Crippen LogP contribution in [0.4, 0.5) is 0 Å². The summed E-state index contributed by atoms with van der Waals surface area (Å²) < 4.78 is 21.1. The molecule has 166 valence electrons. The predicted molar refractivity (Wildman–Crippen MR) is 112 cm³/mol. The summed E-state index contributed by atoms with van der Waals surface area (Å²) in [6.45, 7) is 4.36. The van der Waals surface area contributed by atoms with Crippen LogP contribution in [-0.4, -0.2) is 113 Å². The molecule has 12 heteroatoms. The molecule has 0 amide bonds. The molecule has 2 rings (SSSR count). The minimum atomic E-state index is -1.16. The molecule has 0 saturated carbocycles. The maximum Gasteiger partial charge on any atom is 2.00 e. The molecule has 1 heterocycles. The van der Waals surface area contributed by atoms with E-state index >= 15 is 0 Å². The van der Waals surface area contributed by atoms with Crippen LogP contribution in [0.15, 0.2) is 23.2 Å². The molecule has 0 fully saturated rings. The average molecular weight is 458 g/mol. The maximum atomic E-state index is 11.3. The van der Waals surface area contributed by atoms with Gasteiger partial charge in [0.25, 0.3) is 0 Å². The number of rotatable bonds is 12. The van der Waals surface area contributed by atoms with Crippen molar-refractivity contribution in [2.24, 2.45) is 4.99 Å². The SMILES string of the molecule is COCCOCCOCCOc1ccc(C2=N[C@@](C)(C(=O)O)CS2)c(O)c1.[Mg+2].[OH-].[OH-]. The van der Waals surface area contributed by atoms with Crippen molar-refractivity contribution < 1.29 is 44.9 Å². The summed E-state index contributed by atoms with van der Waals surface area (Å²) in [5.41, 5.74) is -0.659. The Morgan fingerprint density at radius 1 is 1.13 bits per heavy atom. The Morgan fingerprint density at radius 2 is 1.73 bits per heavy atom. The first-order chi connectivity index (χ1) is 13.0. The van der Waals surface area contributed by atoms with Gasteiger partial charge in [0, 0.05) is 24.5 Å². The summed E-state index contributed by atoms with van der Waals surface area (Å²) in [6.07, 6.45) is 0. The number of hydrogen-bond acceptors (Lipinski definition) is 10. The molecule has 10 nitrogen and oxygen atoms in total. The molecule has 30 heavy (non-hydrogen) atoms. The second-order valence-corrected chi connectivity index (χ2v) is 6.99. The fourth-order valence-electron chi connectivity index (χ4n) is 2.21. The van der Waals surface area contributed by atoms with Gasteiger partial charge in [0.15, 0.2) is 5.54 Å². The van der Waals surface area contributed by atoms with Crippen molar-refractivity contribution in [2.45, 2.75) is 12.5 Å². The third-order valence-corrected chi connectivity index (χ3v) is 5.09. The third kappa shape index (κ3) is 9.35. The monoisotopic (exact) mass is 457 g/mol. The summed E-state index contributed by atoms with van der Waals surface area (Å²) >= 11 is 1.31. The molecule has 1 aliphatic rings. The van der Waals surface area contributed by atoms with Gasteiger partial charge in [-0.05, 0) is 19.1 Å². The van der Waals surface area contributed by atoms with E-state index in [1.54, 1.807) is 26.2 Å². The Balaban J connectivity index is 0. The van der Waals surface area contributed by atoms with Gasteiger partial charge in [0.05, 0.1) is 33.0 Å². The Bertz CT molecular complexity index is 677. The standard InChI is InChI=1S/C18H25NO7S.Mg.2H2O/c1-18(17(21)22)12-27-16(19-18)14-4-3-13(11-15(14)20)26-10-9-25-8-7-24-6-5-23-2;;;/h3-4,11,20H,5-10,12H2,1-2H3,(H,21,22);;2*1H2/q;+2;;/p-2/t18-;;;/m1.../s1. The van der Waals surface area contributed by atoms with Crippen LogP contribution in [-0.2, 0) is 19.0 Å². The zero-order valence-electron chi connectivity index (χ0n) is 17.1. The van der Waals surface area contributed by atoms with E-state index in [2.05, 4.69) is 4.99 Å². The van der Waals surface area contributed by atoms with E-state index in [4.69, 9.17) is 18.9 Å². The molecule has 1 aromatic rings. The molecule has 0 aliphatic carbocycles. The molecular formula is C18H27MgNO9S. The number of aromatic hydroxyl groups is 1. The number of benzene rings is 1. The number of hydrogen-bond donors (Lipinski definition) is 2. The molecule has 1 aliphatic heterocycles. The molecule has 0 aromatic heterocycles. The number of ether oxygens (including phenoxy) is 4. The van der Waals surface area contributed by atoms with Crippen LogP contribution < -0.4 is 4.74 Å². The van der Waals surface area contributed by atoms with Crippen molar-refractivity contribution in [1.82, 2.24) is 0 Å². The molecule has 0 saturated heterocycles. The molecule has 0 unspecified atom stereocenters. The van der Waals surface area contributed by atoms with Crippen LogP contribution >= 0.6 is 11.8 Å². The van der Waals surface area contributed by atoms with Crippen molar-refractivity contribution in [1.29, 1.82) is 0 Å². The molecule has 1 aromatic carbocycles. The van der Waals surface area contributed by atoms with E-state index in [1.165, 1.54) is 17.8 Å². The Kier molecular flexibility index (Phi) is 16.2. The van der Waals surface area contributed by atoms with Crippen molar-refractivity contribution in [3.05, 3.63) is 23.8 Å². The van der Waals surface area contributed by atoms with E-state index in [0.717, 1.165) is 0 Å². The van der Waals surface area contributed by atoms with Crippen molar-refractivity contribution in [3.63, 3.8) is 0 Å². The molecule has 0 bridgehead atoms.